The fourth-order valence-corrected chi connectivity index (χ4v) is 4.10. The van der Waals surface area contributed by atoms with E-state index in [0.29, 0.717) is 32.0 Å². The maximum absolute atomic E-state index is 13.3. The van der Waals surface area contributed by atoms with Crippen molar-refractivity contribution in [1.82, 2.24) is 15.1 Å². The van der Waals surface area contributed by atoms with Gasteiger partial charge in [-0.15, -0.1) is 10.2 Å². The molecule has 1 aliphatic heterocycles. The Kier molecular flexibility index (Phi) is 6.10. The second-order valence-corrected chi connectivity index (χ2v) is 8.35. The van der Waals surface area contributed by atoms with E-state index in [9.17, 15) is 18.0 Å². The largest absolute Gasteiger partial charge is 0.417 e. The number of hydrogen-bond donors (Lipinski definition) is 0. The third-order valence-corrected chi connectivity index (χ3v) is 6.12. The Bertz CT molecular complexity index is 1170. The first-order chi connectivity index (χ1) is 15.6. The molecule has 3 aromatic rings. The number of piperazine rings is 1. The molecule has 0 bridgehead atoms. The predicted octanol–water partition coefficient (Wildman–Crippen LogP) is 5.05. The van der Waals surface area contributed by atoms with E-state index >= 15 is 0 Å². The minimum atomic E-state index is -4.57. The summed E-state index contributed by atoms with van der Waals surface area (Å²) >= 11 is 0. The molecule has 4 rings (SSSR count). The molecule has 8 heteroatoms. The van der Waals surface area contributed by atoms with Crippen LogP contribution >= 0.6 is 0 Å². The minimum absolute atomic E-state index is 0.310. The van der Waals surface area contributed by atoms with E-state index in [2.05, 4.69) is 36.2 Å². The lowest BCUT2D eigenvalue weighted by atomic mass is 9.99. The lowest BCUT2D eigenvalue weighted by Gasteiger charge is -2.35. The van der Waals surface area contributed by atoms with Gasteiger partial charge < -0.3 is 9.80 Å². The highest BCUT2D eigenvalue weighted by atomic mass is 19.4. The molecule has 172 valence electrons. The highest BCUT2D eigenvalue weighted by Gasteiger charge is 2.36. The average Bonchev–Trinajstić information content (AvgIpc) is 2.81. The van der Waals surface area contributed by atoms with Crippen LogP contribution in [0.4, 0.5) is 19.0 Å². The van der Waals surface area contributed by atoms with Gasteiger partial charge in [-0.25, -0.2) is 0 Å². The van der Waals surface area contributed by atoms with E-state index in [4.69, 9.17) is 0 Å². The van der Waals surface area contributed by atoms with Crippen LogP contribution in [0.1, 0.15) is 32.6 Å². The molecule has 1 aromatic heterocycles. The Labute approximate surface area is 190 Å². The number of anilines is 1. The van der Waals surface area contributed by atoms with Crippen molar-refractivity contribution in [2.24, 2.45) is 0 Å². The zero-order valence-electron chi connectivity index (χ0n) is 18.8. The van der Waals surface area contributed by atoms with Crippen LogP contribution in [0.2, 0.25) is 0 Å². The van der Waals surface area contributed by atoms with Gasteiger partial charge in [0.25, 0.3) is 5.91 Å². The number of benzene rings is 2. The Morgan fingerprint density at radius 3 is 2.15 bits per heavy atom. The van der Waals surface area contributed by atoms with E-state index < -0.39 is 17.6 Å². The molecule has 2 heterocycles. The van der Waals surface area contributed by atoms with Gasteiger partial charge >= 0.3 is 6.18 Å². The third kappa shape index (κ3) is 4.69. The molecule has 1 fully saturated rings. The molecular formula is C25H25F3N4O. The van der Waals surface area contributed by atoms with Crippen LogP contribution in [-0.4, -0.2) is 47.2 Å². The molecule has 0 unspecified atom stereocenters. The van der Waals surface area contributed by atoms with Crippen LogP contribution in [0.5, 0.6) is 0 Å². The Morgan fingerprint density at radius 1 is 0.848 bits per heavy atom. The lowest BCUT2D eigenvalue weighted by Crippen LogP contribution is -2.49. The summed E-state index contributed by atoms with van der Waals surface area (Å²) in [6, 6.07) is 13.0. The van der Waals surface area contributed by atoms with E-state index in [-0.39, 0.29) is 5.56 Å². The first kappa shape index (κ1) is 22.8. The summed E-state index contributed by atoms with van der Waals surface area (Å²) in [7, 11) is 0. The van der Waals surface area contributed by atoms with E-state index in [1.807, 2.05) is 24.0 Å². The number of alkyl halides is 3. The Balaban J connectivity index is 1.45. The SMILES string of the molecule is Cc1cc(C)c(-c2ccc(N3CCN(C(=O)c4ccccc4C(F)(F)F)CC3)nn2)cc1C. The molecule has 2 aromatic carbocycles. The Hall–Kier alpha value is -3.42. The maximum atomic E-state index is 13.3. The van der Waals surface area contributed by atoms with Gasteiger partial charge in [0.05, 0.1) is 16.8 Å². The maximum Gasteiger partial charge on any atom is 0.417 e. The van der Waals surface area contributed by atoms with Crippen molar-refractivity contribution >= 4 is 11.7 Å². The van der Waals surface area contributed by atoms with Crippen LogP contribution < -0.4 is 4.90 Å². The average molecular weight is 454 g/mol. The number of halogens is 3. The van der Waals surface area contributed by atoms with Gasteiger partial charge in [0, 0.05) is 31.7 Å². The molecule has 1 saturated heterocycles. The fraction of sp³-hybridized carbons (Fsp3) is 0.320. The van der Waals surface area contributed by atoms with Crippen molar-refractivity contribution < 1.29 is 18.0 Å². The van der Waals surface area contributed by atoms with Gasteiger partial charge in [0.1, 0.15) is 0 Å². The highest BCUT2D eigenvalue weighted by molar-refractivity contribution is 5.96. The van der Waals surface area contributed by atoms with Crippen molar-refractivity contribution in [3.63, 3.8) is 0 Å². The molecule has 0 atom stereocenters. The van der Waals surface area contributed by atoms with Crippen LogP contribution in [0.15, 0.2) is 48.5 Å². The fourth-order valence-electron chi connectivity index (χ4n) is 4.10. The predicted molar refractivity (Wildman–Crippen MR) is 121 cm³/mol. The number of rotatable bonds is 3. The summed E-state index contributed by atoms with van der Waals surface area (Å²) in [5.41, 5.74) is 4.16. The number of carbonyl (C=O) groups is 1. The van der Waals surface area contributed by atoms with Crippen LogP contribution in [0, 0.1) is 20.8 Å². The number of amides is 1. The summed E-state index contributed by atoms with van der Waals surface area (Å²) in [5, 5.41) is 8.77. The normalized spacial score (nSPS) is 14.5. The number of hydrogen-bond acceptors (Lipinski definition) is 4. The molecule has 0 N–H and O–H groups in total. The zero-order valence-corrected chi connectivity index (χ0v) is 18.8. The van der Waals surface area contributed by atoms with Crippen molar-refractivity contribution in [3.8, 4) is 11.3 Å². The molecule has 33 heavy (non-hydrogen) atoms. The summed E-state index contributed by atoms with van der Waals surface area (Å²) in [6.45, 7) is 7.74. The zero-order chi connectivity index (χ0) is 23.8. The summed E-state index contributed by atoms with van der Waals surface area (Å²) in [4.78, 5) is 16.2. The monoisotopic (exact) mass is 454 g/mol. The second-order valence-electron chi connectivity index (χ2n) is 8.35. The molecule has 0 spiro atoms. The van der Waals surface area contributed by atoms with Crippen LogP contribution in [0.3, 0.4) is 0 Å². The molecule has 0 aliphatic carbocycles. The van der Waals surface area contributed by atoms with Gasteiger partial charge in [-0.3, -0.25) is 4.79 Å². The molecule has 1 aliphatic rings. The molecule has 5 nitrogen and oxygen atoms in total. The molecule has 1 amide bonds. The topological polar surface area (TPSA) is 49.3 Å². The van der Waals surface area contributed by atoms with Crippen molar-refractivity contribution in [2.45, 2.75) is 26.9 Å². The first-order valence-corrected chi connectivity index (χ1v) is 10.8. The number of nitrogens with zero attached hydrogens (tertiary/aromatic N) is 4. The number of aryl methyl sites for hydroxylation is 3. The Morgan fingerprint density at radius 2 is 1.52 bits per heavy atom. The van der Waals surface area contributed by atoms with Gasteiger partial charge in [-0.2, -0.15) is 13.2 Å². The number of carbonyl (C=O) groups excluding carboxylic acids is 1. The molecule has 0 radical (unpaired) electrons. The van der Waals surface area contributed by atoms with Crippen molar-refractivity contribution in [3.05, 3.63) is 76.3 Å². The molecule has 0 saturated carbocycles. The summed E-state index contributed by atoms with van der Waals surface area (Å²) < 4.78 is 39.9. The van der Waals surface area contributed by atoms with E-state index in [0.717, 1.165) is 22.9 Å². The van der Waals surface area contributed by atoms with Crippen molar-refractivity contribution in [2.75, 3.05) is 31.1 Å². The first-order valence-electron chi connectivity index (χ1n) is 10.8. The van der Waals surface area contributed by atoms with Gasteiger partial charge in [-0.05, 0) is 67.8 Å². The van der Waals surface area contributed by atoms with Crippen molar-refractivity contribution in [1.29, 1.82) is 0 Å². The third-order valence-electron chi connectivity index (χ3n) is 6.12. The lowest BCUT2D eigenvalue weighted by molar-refractivity contribution is -0.138. The second kappa shape index (κ2) is 8.84. The number of aromatic nitrogens is 2. The highest BCUT2D eigenvalue weighted by Crippen LogP contribution is 2.32. The quantitative estimate of drug-likeness (QED) is 0.556. The van der Waals surface area contributed by atoms with Crippen LogP contribution in [0.25, 0.3) is 11.3 Å². The minimum Gasteiger partial charge on any atom is -0.352 e. The standard InChI is InChI=1S/C25H25F3N4O/c1-16-14-18(3)20(15-17(16)2)22-8-9-23(30-29-22)31-10-12-32(13-11-31)24(33)19-6-4-5-7-21(19)25(26,27)28/h4-9,14-15H,10-13H2,1-3H3. The van der Waals surface area contributed by atoms with Gasteiger partial charge in [0.2, 0.25) is 0 Å². The summed E-state index contributed by atoms with van der Waals surface area (Å²) in [5.74, 6) is 0.0808. The van der Waals surface area contributed by atoms with Gasteiger partial charge in [-0.1, -0.05) is 18.2 Å². The van der Waals surface area contributed by atoms with E-state index in [1.54, 1.807) is 0 Å². The van der Waals surface area contributed by atoms with Crippen LogP contribution in [-0.2, 0) is 6.18 Å². The van der Waals surface area contributed by atoms with Gasteiger partial charge in [0.15, 0.2) is 5.82 Å². The summed E-state index contributed by atoms with van der Waals surface area (Å²) in [6.07, 6.45) is -4.57. The van der Waals surface area contributed by atoms with E-state index in [1.165, 1.54) is 34.2 Å². The smallest absolute Gasteiger partial charge is 0.352 e. The molecular weight excluding hydrogens is 429 g/mol.